The smallest absolute Gasteiger partial charge is 0.327 e. The van der Waals surface area contributed by atoms with E-state index in [1.807, 2.05) is 4.90 Å². The fraction of sp³-hybridized carbons (Fsp3) is 0.429. The quantitative estimate of drug-likeness (QED) is 0.670. The van der Waals surface area contributed by atoms with Crippen LogP contribution in [0, 0.1) is 5.41 Å². The molecule has 1 aliphatic heterocycles. The third kappa shape index (κ3) is 4.40. The summed E-state index contributed by atoms with van der Waals surface area (Å²) < 4.78 is 32.2. The standard InChI is InChI=1S/C21H24ClNO4S/c1-21(2,3)20(25)27-17-11-13-12-23(10-9-16(13)28-17)18(19(24)26-4)14-7-5-6-8-15(14)22/h5-8,11,18H,9-10,12H2,1-4H3/t18-/m0/s1/i4D3. The molecule has 150 valence electrons. The maximum atomic E-state index is 12.8. The number of halogens is 1. The molecular formula is C21H24ClNO4S. The van der Waals surface area contributed by atoms with Crippen LogP contribution in [0.15, 0.2) is 30.3 Å². The van der Waals surface area contributed by atoms with Crippen molar-refractivity contribution in [1.29, 1.82) is 0 Å². The predicted molar refractivity (Wildman–Crippen MR) is 110 cm³/mol. The van der Waals surface area contributed by atoms with Crippen LogP contribution in [0.5, 0.6) is 5.06 Å². The van der Waals surface area contributed by atoms with Gasteiger partial charge in [-0.05, 0) is 50.5 Å². The van der Waals surface area contributed by atoms with Crippen molar-refractivity contribution in [3.63, 3.8) is 0 Å². The summed E-state index contributed by atoms with van der Waals surface area (Å²) in [6.45, 7) is 6.22. The Morgan fingerprint density at radius 2 is 2.07 bits per heavy atom. The van der Waals surface area contributed by atoms with E-state index in [4.69, 9.17) is 25.2 Å². The van der Waals surface area contributed by atoms with E-state index in [2.05, 4.69) is 0 Å². The second-order valence-corrected chi connectivity index (χ2v) is 9.23. The predicted octanol–water partition coefficient (Wildman–Crippen LogP) is 4.63. The van der Waals surface area contributed by atoms with Crippen LogP contribution in [-0.4, -0.2) is 30.4 Å². The van der Waals surface area contributed by atoms with Crippen molar-refractivity contribution in [2.75, 3.05) is 13.6 Å². The van der Waals surface area contributed by atoms with E-state index in [0.717, 1.165) is 10.4 Å². The van der Waals surface area contributed by atoms with E-state index in [1.54, 1.807) is 51.1 Å². The molecule has 0 spiro atoms. The Kier molecular flexibility index (Phi) is 5.00. The number of esters is 2. The summed E-state index contributed by atoms with van der Waals surface area (Å²) in [5, 5.41) is 0.858. The summed E-state index contributed by atoms with van der Waals surface area (Å²) >= 11 is 7.74. The van der Waals surface area contributed by atoms with Crippen molar-refractivity contribution in [3.05, 3.63) is 51.4 Å². The van der Waals surface area contributed by atoms with Crippen molar-refractivity contribution < 1.29 is 23.2 Å². The molecule has 7 heteroatoms. The zero-order chi connectivity index (χ0) is 23.0. The van der Waals surface area contributed by atoms with E-state index in [0.29, 0.717) is 35.2 Å². The third-order valence-electron chi connectivity index (χ3n) is 4.57. The average Bonchev–Trinajstić information content (AvgIpc) is 3.03. The SMILES string of the molecule is [2H]C([2H])([2H])OC(=O)[C@H](c1ccccc1Cl)N1CCc2sc(OC(=O)C(C)(C)C)cc2C1. The first-order chi connectivity index (χ1) is 14.3. The number of benzene rings is 1. The minimum atomic E-state index is -2.85. The van der Waals surface area contributed by atoms with Gasteiger partial charge >= 0.3 is 11.9 Å². The van der Waals surface area contributed by atoms with Gasteiger partial charge in [0.25, 0.3) is 0 Å². The van der Waals surface area contributed by atoms with Gasteiger partial charge in [-0.25, -0.2) is 4.79 Å². The van der Waals surface area contributed by atoms with Crippen molar-refractivity contribution in [1.82, 2.24) is 4.90 Å². The number of rotatable bonds is 4. The molecular weight excluding hydrogens is 398 g/mol. The number of carbonyl (C=O) groups excluding carboxylic acids is 2. The van der Waals surface area contributed by atoms with Crippen LogP contribution < -0.4 is 4.74 Å². The monoisotopic (exact) mass is 424 g/mol. The Morgan fingerprint density at radius 1 is 1.32 bits per heavy atom. The van der Waals surface area contributed by atoms with Crippen LogP contribution in [0.25, 0.3) is 0 Å². The Labute approximate surface area is 178 Å². The minimum Gasteiger partial charge on any atom is -0.468 e. The summed E-state index contributed by atoms with van der Waals surface area (Å²) in [7, 11) is -2.85. The van der Waals surface area contributed by atoms with Gasteiger partial charge in [0.1, 0.15) is 6.04 Å². The summed E-state index contributed by atoms with van der Waals surface area (Å²) in [5.41, 5.74) is 0.785. The van der Waals surface area contributed by atoms with Crippen molar-refractivity contribution >= 4 is 34.9 Å². The van der Waals surface area contributed by atoms with E-state index >= 15 is 0 Å². The fourth-order valence-electron chi connectivity index (χ4n) is 3.07. The summed E-state index contributed by atoms with van der Waals surface area (Å²) in [6.07, 6.45) is 0.620. The highest BCUT2D eigenvalue weighted by Gasteiger charge is 2.34. The first-order valence-corrected chi connectivity index (χ1v) is 10.1. The van der Waals surface area contributed by atoms with Crippen LogP contribution >= 0.6 is 22.9 Å². The molecule has 2 heterocycles. The molecule has 0 radical (unpaired) electrons. The highest BCUT2D eigenvalue weighted by atomic mass is 35.5. The molecule has 0 unspecified atom stereocenters. The lowest BCUT2D eigenvalue weighted by Crippen LogP contribution is -2.38. The second kappa shape index (κ2) is 8.23. The lowest BCUT2D eigenvalue weighted by atomic mass is 9.97. The molecule has 0 aliphatic carbocycles. The fourth-order valence-corrected chi connectivity index (χ4v) is 4.32. The number of ether oxygens (including phenoxy) is 2. The molecule has 3 rings (SSSR count). The van der Waals surface area contributed by atoms with Gasteiger partial charge in [-0.15, -0.1) is 11.3 Å². The van der Waals surface area contributed by atoms with Crippen LogP contribution in [0.2, 0.25) is 5.02 Å². The molecule has 0 amide bonds. The number of fused-ring (bicyclic) bond motifs is 1. The van der Waals surface area contributed by atoms with Gasteiger partial charge in [0.15, 0.2) is 5.06 Å². The van der Waals surface area contributed by atoms with Gasteiger partial charge in [-0.1, -0.05) is 29.8 Å². The van der Waals surface area contributed by atoms with Crippen molar-refractivity contribution in [2.24, 2.45) is 5.41 Å². The number of nitrogens with zero attached hydrogens (tertiary/aromatic N) is 1. The van der Waals surface area contributed by atoms with E-state index in [9.17, 15) is 9.59 Å². The highest BCUT2D eigenvalue weighted by Crippen LogP contribution is 2.38. The van der Waals surface area contributed by atoms with Gasteiger partial charge in [-0.3, -0.25) is 9.69 Å². The van der Waals surface area contributed by atoms with Crippen LogP contribution in [-0.2, 0) is 27.3 Å². The topological polar surface area (TPSA) is 55.8 Å². The van der Waals surface area contributed by atoms with E-state index in [-0.39, 0.29) is 5.97 Å². The molecule has 1 atom stereocenters. The molecule has 28 heavy (non-hydrogen) atoms. The Hall–Kier alpha value is -1.89. The average molecular weight is 425 g/mol. The van der Waals surface area contributed by atoms with Gasteiger partial charge < -0.3 is 9.47 Å². The highest BCUT2D eigenvalue weighted by molar-refractivity contribution is 7.14. The number of carbonyl (C=O) groups is 2. The first-order valence-electron chi connectivity index (χ1n) is 10.4. The van der Waals surface area contributed by atoms with Gasteiger partial charge in [0.2, 0.25) is 0 Å². The minimum absolute atomic E-state index is 0.321. The van der Waals surface area contributed by atoms with E-state index < -0.39 is 24.5 Å². The Morgan fingerprint density at radius 3 is 2.75 bits per heavy atom. The van der Waals surface area contributed by atoms with Gasteiger partial charge in [0, 0.05) is 23.0 Å². The maximum Gasteiger partial charge on any atom is 0.327 e. The van der Waals surface area contributed by atoms with Crippen molar-refractivity contribution in [2.45, 2.75) is 39.8 Å². The molecule has 1 aromatic heterocycles. The molecule has 0 bridgehead atoms. The Balaban J connectivity index is 1.87. The largest absolute Gasteiger partial charge is 0.468 e. The second-order valence-electron chi connectivity index (χ2n) is 7.72. The van der Waals surface area contributed by atoms with E-state index in [1.165, 1.54) is 11.3 Å². The van der Waals surface area contributed by atoms with Crippen LogP contribution in [0.1, 0.15) is 46.9 Å². The maximum absolute atomic E-state index is 12.8. The third-order valence-corrected chi connectivity index (χ3v) is 6.03. The van der Waals surface area contributed by atoms with Crippen LogP contribution in [0.4, 0.5) is 0 Å². The summed E-state index contributed by atoms with van der Waals surface area (Å²) in [5.74, 6) is -1.20. The molecule has 2 aromatic rings. The number of thiophene rings is 1. The molecule has 0 fully saturated rings. The molecule has 0 N–H and O–H groups in total. The summed E-state index contributed by atoms with van der Waals surface area (Å²) in [4.78, 5) is 27.9. The number of hydrogen-bond acceptors (Lipinski definition) is 6. The van der Waals surface area contributed by atoms with Crippen molar-refractivity contribution in [3.8, 4) is 5.06 Å². The molecule has 1 aromatic carbocycles. The lowest BCUT2D eigenvalue weighted by molar-refractivity contribution is -0.147. The Bertz CT molecular complexity index is 984. The van der Waals surface area contributed by atoms with Gasteiger partial charge in [0.05, 0.1) is 16.6 Å². The molecule has 0 saturated carbocycles. The zero-order valence-electron chi connectivity index (χ0n) is 19.0. The first kappa shape index (κ1) is 17.0. The molecule has 0 saturated heterocycles. The van der Waals surface area contributed by atoms with Crippen LogP contribution in [0.3, 0.4) is 0 Å². The number of methoxy groups -OCH3 is 1. The van der Waals surface area contributed by atoms with Gasteiger partial charge in [-0.2, -0.15) is 0 Å². The lowest BCUT2D eigenvalue weighted by Gasteiger charge is -2.33. The summed E-state index contributed by atoms with van der Waals surface area (Å²) in [6, 6.07) is 7.64. The normalized spacial score (nSPS) is 17.6. The molecule has 1 aliphatic rings. The number of hydrogen-bond donors (Lipinski definition) is 0. The molecule has 5 nitrogen and oxygen atoms in total. The zero-order valence-corrected chi connectivity index (χ0v) is 17.5.